The molecule has 0 radical (unpaired) electrons. The average Bonchev–Trinajstić information content (AvgIpc) is 2.31. The van der Waals surface area contributed by atoms with Crippen LogP contribution in [0.5, 0.6) is 0 Å². The maximum absolute atomic E-state index is 10.7. The van der Waals surface area contributed by atoms with Crippen molar-refractivity contribution in [1.82, 2.24) is 5.32 Å². The summed E-state index contributed by atoms with van der Waals surface area (Å²) in [6.07, 6.45) is 4.24. The number of nitrogens with one attached hydrogen (secondary N) is 1. The summed E-state index contributed by atoms with van der Waals surface area (Å²) < 4.78 is 0. The van der Waals surface area contributed by atoms with Crippen LogP contribution in [0.15, 0.2) is 30.3 Å². The molecule has 1 saturated carbocycles. The van der Waals surface area contributed by atoms with Crippen LogP contribution in [0.3, 0.4) is 0 Å². The Kier molecular flexibility index (Phi) is 3.08. The quantitative estimate of drug-likeness (QED) is 0.774. The highest BCUT2D eigenvalue weighted by atomic mass is 16.3. The van der Waals surface area contributed by atoms with Crippen LogP contribution >= 0.6 is 0 Å². The van der Waals surface area contributed by atoms with Crippen molar-refractivity contribution in [2.24, 2.45) is 0 Å². The van der Waals surface area contributed by atoms with E-state index in [-0.39, 0.29) is 6.04 Å². The molecular formula is C13H19NO. The molecule has 0 heterocycles. The second-order valence-corrected chi connectivity index (χ2v) is 4.38. The number of benzene rings is 1. The van der Waals surface area contributed by atoms with Gasteiger partial charge in [0.2, 0.25) is 0 Å². The molecule has 1 aromatic carbocycles. The van der Waals surface area contributed by atoms with E-state index in [1.165, 1.54) is 6.42 Å². The van der Waals surface area contributed by atoms with Crippen LogP contribution in [0.1, 0.15) is 31.2 Å². The van der Waals surface area contributed by atoms with Crippen molar-refractivity contribution in [3.8, 4) is 0 Å². The van der Waals surface area contributed by atoms with Gasteiger partial charge in [-0.1, -0.05) is 43.2 Å². The molecule has 2 rings (SSSR count). The van der Waals surface area contributed by atoms with Crippen LogP contribution in [-0.4, -0.2) is 18.2 Å². The van der Waals surface area contributed by atoms with Crippen LogP contribution in [-0.2, 0) is 5.60 Å². The molecule has 0 unspecified atom stereocenters. The van der Waals surface area contributed by atoms with Crippen LogP contribution in [0, 0.1) is 0 Å². The highest BCUT2D eigenvalue weighted by Crippen LogP contribution is 2.36. The van der Waals surface area contributed by atoms with E-state index in [1.54, 1.807) is 0 Å². The van der Waals surface area contributed by atoms with E-state index in [0.717, 1.165) is 24.8 Å². The van der Waals surface area contributed by atoms with Crippen LogP contribution in [0.4, 0.5) is 0 Å². The number of aliphatic hydroxyl groups is 1. The fourth-order valence-corrected chi connectivity index (χ4v) is 2.61. The van der Waals surface area contributed by atoms with E-state index in [0.29, 0.717) is 0 Å². The molecule has 0 aromatic heterocycles. The molecule has 1 aliphatic rings. The van der Waals surface area contributed by atoms with Crippen LogP contribution in [0.2, 0.25) is 0 Å². The standard InChI is InChI=1S/C13H19NO/c1-14-12-9-5-6-10-13(12,15)11-7-3-2-4-8-11/h2-4,7-8,12,14-15H,5-6,9-10H2,1H3/t12-,13-/m0/s1. The van der Waals surface area contributed by atoms with Crippen molar-refractivity contribution in [2.45, 2.75) is 37.3 Å². The van der Waals surface area contributed by atoms with Crippen molar-refractivity contribution in [1.29, 1.82) is 0 Å². The molecule has 0 aliphatic heterocycles. The molecule has 1 aromatic rings. The van der Waals surface area contributed by atoms with E-state index in [2.05, 4.69) is 5.32 Å². The van der Waals surface area contributed by atoms with Gasteiger partial charge < -0.3 is 10.4 Å². The van der Waals surface area contributed by atoms with Gasteiger partial charge in [-0.15, -0.1) is 0 Å². The lowest BCUT2D eigenvalue weighted by Crippen LogP contribution is -2.49. The smallest absolute Gasteiger partial charge is 0.105 e. The first-order chi connectivity index (χ1) is 7.27. The summed E-state index contributed by atoms with van der Waals surface area (Å²) >= 11 is 0. The molecule has 0 amide bonds. The minimum Gasteiger partial charge on any atom is -0.384 e. The van der Waals surface area contributed by atoms with Gasteiger partial charge in [0.1, 0.15) is 5.60 Å². The number of hydrogen-bond acceptors (Lipinski definition) is 2. The first-order valence-electron chi connectivity index (χ1n) is 5.72. The molecule has 15 heavy (non-hydrogen) atoms. The minimum atomic E-state index is -0.672. The van der Waals surface area contributed by atoms with E-state index in [9.17, 15) is 5.11 Å². The molecule has 0 spiro atoms. The molecule has 0 bridgehead atoms. The maximum atomic E-state index is 10.7. The fourth-order valence-electron chi connectivity index (χ4n) is 2.61. The molecule has 1 fully saturated rings. The summed E-state index contributed by atoms with van der Waals surface area (Å²) in [6.45, 7) is 0. The maximum Gasteiger partial charge on any atom is 0.105 e. The summed E-state index contributed by atoms with van der Waals surface area (Å²) in [7, 11) is 1.93. The summed E-state index contributed by atoms with van der Waals surface area (Å²) in [5.41, 5.74) is 0.373. The Balaban J connectivity index is 2.30. The zero-order valence-electron chi connectivity index (χ0n) is 9.24. The Bertz CT molecular complexity index is 312. The third-order valence-electron chi connectivity index (χ3n) is 3.50. The van der Waals surface area contributed by atoms with Gasteiger partial charge in [0.05, 0.1) is 0 Å². The summed E-state index contributed by atoms with van der Waals surface area (Å²) in [5, 5.41) is 14.0. The first-order valence-corrected chi connectivity index (χ1v) is 5.72. The lowest BCUT2D eigenvalue weighted by atomic mass is 9.76. The zero-order chi connectivity index (χ0) is 10.7. The van der Waals surface area contributed by atoms with Gasteiger partial charge in [-0.25, -0.2) is 0 Å². The normalized spacial score (nSPS) is 31.5. The number of rotatable bonds is 2. The summed E-state index contributed by atoms with van der Waals surface area (Å²) in [5.74, 6) is 0. The van der Waals surface area contributed by atoms with Crippen molar-refractivity contribution >= 4 is 0 Å². The molecule has 2 N–H and O–H groups in total. The van der Waals surface area contributed by atoms with Gasteiger partial charge in [-0.3, -0.25) is 0 Å². The molecule has 82 valence electrons. The summed E-state index contributed by atoms with van der Waals surface area (Å²) in [6, 6.07) is 10.2. The van der Waals surface area contributed by atoms with Gasteiger partial charge in [-0.2, -0.15) is 0 Å². The highest BCUT2D eigenvalue weighted by Gasteiger charge is 2.39. The second kappa shape index (κ2) is 4.33. The molecule has 2 atom stereocenters. The monoisotopic (exact) mass is 205 g/mol. The Morgan fingerprint density at radius 1 is 1.27 bits per heavy atom. The van der Waals surface area contributed by atoms with Crippen molar-refractivity contribution in [3.63, 3.8) is 0 Å². The van der Waals surface area contributed by atoms with Crippen molar-refractivity contribution in [2.75, 3.05) is 7.05 Å². The minimum absolute atomic E-state index is 0.189. The molecule has 2 heteroatoms. The Morgan fingerprint density at radius 3 is 2.67 bits per heavy atom. The molecule has 0 saturated heterocycles. The SMILES string of the molecule is CN[C@H]1CCCC[C@]1(O)c1ccccc1. The van der Waals surface area contributed by atoms with Gasteiger partial charge in [0.25, 0.3) is 0 Å². The Hall–Kier alpha value is -0.860. The predicted octanol–water partition coefficient (Wildman–Crippen LogP) is 2.04. The third-order valence-corrected chi connectivity index (χ3v) is 3.50. The van der Waals surface area contributed by atoms with Gasteiger partial charge in [0, 0.05) is 6.04 Å². The van der Waals surface area contributed by atoms with Crippen LogP contribution in [0.25, 0.3) is 0 Å². The first kappa shape index (κ1) is 10.7. The molecular weight excluding hydrogens is 186 g/mol. The van der Waals surface area contributed by atoms with Crippen molar-refractivity contribution in [3.05, 3.63) is 35.9 Å². The number of hydrogen-bond donors (Lipinski definition) is 2. The van der Waals surface area contributed by atoms with E-state index < -0.39 is 5.60 Å². The summed E-state index contributed by atoms with van der Waals surface area (Å²) in [4.78, 5) is 0. The Morgan fingerprint density at radius 2 is 2.00 bits per heavy atom. The topological polar surface area (TPSA) is 32.3 Å². The fraction of sp³-hybridized carbons (Fsp3) is 0.538. The van der Waals surface area contributed by atoms with E-state index in [1.807, 2.05) is 37.4 Å². The highest BCUT2D eigenvalue weighted by molar-refractivity contribution is 5.25. The zero-order valence-corrected chi connectivity index (χ0v) is 9.24. The van der Waals surface area contributed by atoms with E-state index >= 15 is 0 Å². The molecule has 2 nitrogen and oxygen atoms in total. The van der Waals surface area contributed by atoms with Crippen molar-refractivity contribution < 1.29 is 5.11 Å². The Labute approximate surface area is 91.3 Å². The second-order valence-electron chi connectivity index (χ2n) is 4.38. The van der Waals surface area contributed by atoms with Gasteiger partial charge in [-0.05, 0) is 25.5 Å². The largest absolute Gasteiger partial charge is 0.384 e. The number of likely N-dealkylation sites (N-methyl/N-ethyl adjacent to an activating group) is 1. The van der Waals surface area contributed by atoms with Crippen LogP contribution < -0.4 is 5.32 Å². The predicted molar refractivity (Wildman–Crippen MR) is 61.7 cm³/mol. The average molecular weight is 205 g/mol. The lowest BCUT2D eigenvalue weighted by Gasteiger charge is -2.40. The third kappa shape index (κ3) is 1.92. The molecule has 1 aliphatic carbocycles. The van der Waals surface area contributed by atoms with E-state index in [4.69, 9.17) is 0 Å². The lowest BCUT2D eigenvalue weighted by molar-refractivity contribution is -0.0298. The van der Waals surface area contributed by atoms with Gasteiger partial charge >= 0.3 is 0 Å². The van der Waals surface area contributed by atoms with Gasteiger partial charge in [0.15, 0.2) is 0 Å².